The lowest BCUT2D eigenvalue weighted by molar-refractivity contribution is 0.0792. The van der Waals surface area contributed by atoms with E-state index in [0.717, 1.165) is 29.5 Å². The Morgan fingerprint density at radius 1 is 1.00 bits per heavy atom. The summed E-state index contributed by atoms with van der Waals surface area (Å²) in [6.45, 7) is 6.75. The Morgan fingerprint density at radius 2 is 1.69 bits per heavy atom. The maximum atomic E-state index is 10.2. The molecule has 8 nitrogen and oxygen atoms in total. The number of rotatable bonds is 3. The summed E-state index contributed by atoms with van der Waals surface area (Å²) in [5.74, 6) is 0.750. The standard InChI is InChI=1S/C13H15ClN2O2.C10H12N2O2/c1-13(2,17)10-8(15)5-7(14)9-11(6-3-4-6)16-18-12(9)10;1-10(2,13)6-4-3-5-7-8(6)9(11)12-14-7/h5-6,17H,3-4,15H2,1-2H3;3-5,13H,1-2H3,(H2,11,12). The minimum absolute atomic E-state index is 0.317. The molecule has 0 radical (unpaired) electrons. The maximum Gasteiger partial charge on any atom is 0.176 e. The molecule has 0 aliphatic heterocycles. The van der Waals surface area contributed by atoms with E-state index in [1.54, 1.807) is 45.9 Å². The first-order valence-corrected chi connectivity index (χ1v) is 10.7. The summed E-state index contributed by atoms with van der Waals surface area (Å²) in [4.78, 5) is 0. The van der Waals surface area contributed by atoms with Gasteiger partial charge in [-0.25, -0.2) is 0 Å². The zero-order valence-electron chi connectivity index (χ0n) is 18.4. The molecule has 0 unspecified atom stereocenters. The lowest BCUT2D eigenvalue weighted by atomic mass is 9.94. The van der Waals surface area contributed by atoms with Gasteiger partial charge in [0.05, 0.1) is 38.3 Å². The number of nitrogens with zero attached hydrogens (tertiary/aromatic N) is 2. The number of halogens is 1. The molecule has 32 heavy (non-hydrogen) atoms. The number of hydrogen-bond acceptors (Lipinski definition) is 8. The number of anilines is 2. The molecule has 6 N–H and O–H groups in total. The average molecular weight is 459 g/mol. The molecular weight excluding hydrogens is 432 g/mol. The Hall–Kier alpha value is -2.81. The van der Waals surface area contributed by atoms with Gasteiger partial charge in [-0.1, -0.05) is 34.0 Å². The second-order valence-corrected chi connectivity index (χ2v) is 9.64. The molecule has 1 fully saturated rings. The third kappa shape index (κ3) is 4.01. The molecule has 0 bridgehead atoms. The molecule has 170 valence electrons. The summed E-state index contributed by atoms with van der Waals surface area (Å²) in [6.07, 6.45) is 2.22. The van der Waals surface area contributed by atoms with Crippen LogP contribution in [0.5, 0.6) is 0 Å². The third-order valence-electron chi connectivity index (χ3n) is 5.51. The van der Waals surface area contributed by atoms with Gasteiger partial charge in [0, 0.05) is 11.6 Å². The number of aromatic nitrogens is 2. The van der Waals surface area contributed by atoms with Crippen molar-refractivity contribution >= 4 is 45.0 Å². The summed E-state index contributed by atoms with van der Waals surface area (Å²) in [5.41, 5.74) is 13.3. The molecule has 4 aromatic rings. The summed E-state index contributed by atoms with van der Waals surface area (Å²) in [6, 6.07) is 7.06. The molecule has 1 saturated carbocycles. The van der Waals surface area contributed by atoms with Gasteiger partial charge in [0.15, 0.2) is 17.0 Å². The van der Waals surface area contributed by atoms with E-state index < -0.39 is 11.2 Å². The fraction of sp³-hybridized carbons (Fsp3) is 0.391. The highest BCUT2D eigenvalue weighted by Gasteiger charge is 2.33. The van der Waals surface area contributed by atoms with Crippen LogP contribution in [0.3, 0.4) is 0 Å². The van der Waals surface area contributed by atoms with E-state index >= 15 is 0 Å². The molecule has 2 aromatic heterocycles. The summed E-state index contributed by atoms with van der Waals surface area (Å²) in [7, 11) is 0. The van der Waals surface area contributed by atoms with Crippen molar-refractivity contribution in [3.05, 3.63) is 46.1 Å². The van der Waals surface area contributed by atoms with Crippen molar-refractivity contribution < 1.29 is 19.3 Å². The van der Waals surface area contributed by atoms with E-state index in [-0.39, 0.29) is 0 Å². The predicted octanol–water partition coefficient (Wildman–Crippen LogP) is 4.81. The van der Waals surface area contributed by atoms with Crippen molar-refractivity contribution in [2.45, 2.75) is 57.7 Å². The van der Waals surface area contributed by atoms with Crippen molar-refractivity contribution in [2.24, 2.45) is 0 Å². The number of fused-ring (bicyclic) bond motifs is 2. The van der Waals surface area contributed by atoms with E-state index in [2.05, 4.69) is 10.3 Å². The summed E-state index contributed by atoms with van der Waals surface area (Å²) in [5, 5.41) is 29.9. The highest BCUT2D eigenvalue weighted by atomic mass is 35.5. The van der Waals surface area contributed by atoms with Crippen molar-refractivity contribution in [2.75, 3.05) is 11.5 Å². The van der Waals surface area contributed by atoms with Crippen LogP contribution in [0.4, 0.5) is 11.5 Å². The lowest BCUT2D eigenvalue weighted by Crippen LogP contribution is -2.18. The van der Waals surface area contributed by atoms with Crippen molar-refractivity contribution in [3.8, 4) is 0 Å². The van der Waals surface area contributed by atoms with Crippen molar-refractivity contribution in [1.29, 1.82) is 0 Å². The highest BCUT2D eigenvalue weighted by Crippen LogP contribution is 2.47. The zero-order valence-corrected chi connectivity index (χ0v) is 19.2. The smallest absolute Gasteiger partial charge is 0.176 e. The second kappa shape index (κ2) is 7.65. The van der Waals surface area contributed by atoms with E-state index in [1.165, 1.54) is 0 Å². The quantitative estimate of drug-likeness (QED) is 0.320. The second-order valence-electron chi connectivity index (χ2n) is 9.23. The van der Waals surface area contributed by atoms with Crippen LogP contribution in [-0.2, 0) is 11.2 Å². The molecule has 1 aliphatic rings. The third-order valence-corrected chi connectivity index (χ3v) is 5.81. The van der Waals surface area contributed by atoms with Crippen LogP contribution >= 0.6 is 11.6 Å². The van der Waals surface area contributed by atoms with Gasteiger partial charge in [0.25, 0.3) is 0 Å². The molecular formula is C23H27ClN4O4. The van der Waals surface area contributed by atoms with Crippen LogP contribution in [0, 0.1) is 0 Å². The van der Waals surface area contributed by atoms with Crippen molar-refractivity contribution in [1.82, 2.24) is 10.3 Å². The SMILES string of the molecule is CC(C)(O)c1c(N)cc(Cl)c2c(C3CC3)noc12.CC(C)(O)c1cccc2onc(N)c12. The molecule has 2 aromatic carbocycles. The minimum Gasteiger partial charge on any atom is -0.398 e. The van der Waals surface area contributed by atoms with Gasteiger partial charge < -0.3 is 30.7 Å². The fourth-order valence-corrected chi connectivity index (χ4v) is 4.21. The Balaban J connectivity index is 0.000000158. The van der Waals surface area contributed by atoms with Gasteiger partial charge in [-0.15, -0.1) is 0 Å². The van der Waals surface area contributed by atoms with Crippen LogP contribution in [-0.4, -0.2) is 20.5 Å². The van der Waals surface area contributed by atoms with Crippen LogP contribution in [0.15, 0.2) is 33.3 Å². The number of hydrogen-bond donors (Lipinski definition) is 4. The maximum absolute atomic E-state index is 10.2. The van der Waals surface area contributed by atoms with Crippen LogP contribution in [0.2, 0.25) is 5.02 Å². The van der Waals surface area contributed by atoms with Crippen LogP contribution in [0.1, 0.15) is 63.3 Å². The normalized spacial score (nSPS) is 14.6. The summed E-state index contributed by atoms with van der Waals surface area (Å²) >= 11 is 6.24. The Morgan fingerprint density at radius 3 is 2.28 bits per heavy atom. The monoisotopic (exact) mass is 458 g/mol. The summed E-state index contributed by atoms with van der Waals surface area (Å²) < 4.78 is 10.4. The topological polar surface area (TPSA) is 145 Å². The van der Waals surface area contributed by atoms with E-state index in [0.29, 0.717) is 44.6 Å². The molecule has 5 rings (SSSR count). The van der Waals surface area contributed by atoms with E-state index in [9.17, 15) is 10.2 Å². The minimum atomic E-state index is -1.09. The van der Waals surface area contributed by atoms with Gasteiger partial charge in [0.1, 0.15) is 0 Å². The van der Waals surface area contributed by atoms with Crippen LogP contribution in [0.25, 0.3) is 21.9 Å². The lowest BCUT2D eigenvalue weighted by Gasteiger charge is -2.20. The van der Waals surface area contributed by atoms with Crippen molar-refractivity contribution in [3.63, 3.8) is 0 Å². The first-order chi connectivity index (χ1) is 14.9. The van der Waals surface area contributed by atoms with E-state index in [4.69, 9.17) is 32.1 Å². The molecule has 9 heteroatoms. The first-order valence-electron chi connectivity index (χ1n) is 10.4. The van der Waals surface area contributed by atoms with E-state index in [1.807, 2.05) is 6.07 Å². The van der Waals surface area contributed by atoms with Crippen LogP contribution < -0.4 is 11.5 Å². The molecule has 0 saturated heterocycles. The van der Waals surface area contributed by atoms with Gasteiger partial charge in [-0.3, -0.25) is 0 Å². The molecule has 1 aliphatic carbocycles. The zero-order chi connectivity index (χ0) is 23.4. The number of benzene rings is 2. The highest BCUT2D eigenvalue weighted by molar-refractivity contribution is 6.36. The average Bonchev–Trinajstić information content (AvgIpc) is 3.32. The Labute approximate surface area is 190 Å². The first kappa shape index (κ1) is 22.4. The van der Waals surface area contributed by atoms with Gasteiger partial charge in [-0.05, 0) is 58.2 Å². The molecule has 0 spiro atoms. The molecule has 0 atom stereocenters. The predicted molar refractivity (Wildman–Crippen MR) is 124 cm³/mol. The number of aliphatic hydroxyl groups is 2. The fourth-order valence-electron chi connectivity index (χ4n) is 3.91. The number of nitrogen functional groups attached to an aromatic ring is 2. The van der Waals surface area contributed by atoms with Gasteiger partial charge >= 0.3 is 0 Å². The Bertz CT molecular complexity index is 1290. The molecule has 0 amide bonds. The van der Waals surface area contributed by atoms with Gasteiger partial charge in [-0.2, -0.15) is 0 Å². The molecule has 2 heterocycles. The number of nitrogens with two attached hydrogens (primary N) is 2. The largest absolute Gasteiger partial charge is 0.398 e. The van der Waals surface area contributed by atoms with Gasteiger partial charge in [0.2, 0.25) is 0 Å². The Kier molecular flexibility index (Phi) is 5.35.